The molecule has 0 saturated carbocycles. The van der Waals surface area contributed by atoms with Crippen LogP contribution in [0.4, 0.5) is 0 Å². The number of hydrogen-bond donors (Lipinski definition) is 1. The lowest BCUT2D eigenvalue weighted by Gasteiger charge is -2.08. The van der Waals surface area contributed by atoms with E-state index in [4.69, 9.17) is 4.74 Å². The molecule has 2 aromatic rings. The van der Waals surface area contributed by atoms with Gasteiger partial charge in [-0.05, 0) is 65.5 Å². The van der Waals surface area contributed by atoms with Crippen LogP contribution in [0.25, 0.3) is 0 Å². The summed E-state index contributed by atoms with van der Waals surface area (Å²) in [4.78, 5) is 4.26. The molecule has 2 rings (SSSR count). The maximum absolute atomic E-state index is 9.26. The molecule has 20 heavy (non-hydrogen) atoms. The number of aliphatic hydroxyl groups excluding tert-OH is 1. The molecule has 0 bridgehead atoms. The Hall–Kier alpha value is -1.39. The summed E-state index contributed by atoms with van der Waals surface area (Å²) >= 11 is 3.35. The quantitative estimate of drug-likeness (QED) is 0.874. The van der Waals surface area contributed by atoms with E-state index in [1.165, 1.54) is 5.56 Å². The van der Waals surface area contributed by atoms with Crippen LogP contribution in [0, 0.1) is 0 Å². The first-order valence-electron chi connectivity index (χ1n) is 6.64. The Balaban J connectivity index is 1.85. The number of nitrogens with zero attached hydrogens (tertiary/aromatic N) is 1. The number of pyridine rings is 1. The van der Waals surface area contributed by atoms with Gasteiger partial charge < -0.3 is 9.84 Å². The van der Waals surface area contributed by atoms with Gasteiger partial charge >= 0.3 is 0 Å². The number of aliphatic hydroxyl groups is 1. The van der Waals surface area contributed by atoms with Crippen molar-refractivity contribution in [2.45, 2.75) is 32.5 Å². The van der Waals surface area contributed by atoms with Gasteiger partial charge in [0.05, 0.1) is 11.8 Å². The van der Waals surface area contributed by atoms with Crippen LogP contribution < -0.4 is 4.74 Å². The summed E-state index contributed by atoms with van der Waals surface area (Å²) in [5, 5.41) is 9.26. The fraction of sp³-hybridized carbons (Fsp3) is 0.312. The second-order valence-electron chi connectivity index (χ2n) is 4.79. The molecule has 0 aliphatic carbocycles. The summed E-state index contributed by atoms with van der Waals surface area (Å²) in [5.74, 6) is 0.829. The molecule has 0 aliphatic rings. The molecule has 0 saturated heterocycles. The summed E-state index contributed by atoms with van der Waals surface area (Å²) in [6.45, 7) is 2.27. The first-order chi connectivity index (χ1) is 9.63. The second-order valence-corrected chi connectivity index (χ2v) is 5.70. The number of halogens is 1. The van der Waals surface area contributed by atoms with Gasteiger partial charge in [-0.25, -0.2) is 0 Å². The first-order valence-corrected chi connectivity index (χ1v) is 7.43. The molecule has 0 fully saturated rings. The lowest BCUT2D eigenvalue weighted by atomic mass is 10.1. The van der Waals surface area contributed by atoms with E-state index in [9.17, 15) is 5.11 Å². The Labute approximate surface area is 127 Å². The van der Waals surface area contributed by atoms with E-state index in [1.807, 2.05) is 43.3 Å². The Morgan fingerprint density at radius 1 is 1.20 bits per heavy atom. The van der Waals surface area contributed by atoms with Crippen molar-refractivity contribution < 1.29 is 9.84 Å². The van der Waals surface area contributed by atoms with Crippen molar-refractivity contribution in [1.82, 2.24) is 4.98 Å². The van der Waals surface area contributed by atoms with Gasteiger partial charge in [-0.2, -0.15) is 0 Å². The third kappa shape index (κ3) is 4.94. The van der Waals surface area contributed by atoms with Crippen molar-refractivity contribution in [3.05, 3.63) is 58.3 Å². The summed E-state index contributed by atoms with van der Waals surface area (Å²) in [5.41, 5.74) is 2.10. The fourth-order valence-electron chi connectivity index (χ4n) is 1.78. The molecule has 1 N–H and O–H groups in total. The Morgan fingerprint density at radius 2 is 1.95 bits per heavy atom. The van der Waals surface area contributed by atoms with Crippen molar-refractivity contribution in [3.8, 4) is 5.75 Å². The third-order valence-electron chi connectivity index (χ3n) is 2.95. The van der Waals surface area contributed by atoms with Crippen molar-refractivity contribution in [3.63, 3.8) is 0 Å². The first kappa shape index (κ1) is 15.0. The summed E-state index contributed by atoms with van der Waals surface area (Å²) in [6, 6.07) is 11.9. The van der Waals surface area contributed by atoms with E-state index < -0.39 is 0 Å². The summed E-state index contributed by atoms with van der Waals surface area (Å²) < 4.78 is 6.65. The lowest BCUT2D eigenvalue weighted by molar-refractivity contribution is 0.185. The Morgan fingerprint density at radius 3 is 2.55 bits per heavy atom. The average molecular weight is 336 g/mol. The smallest absolute Gasteiger partial charge is 0.130 e. The molecular weight excluding hydrogens is 318 g/mol. The molecule has 0 radical (unpaired) electrons. The zero-order valence-corrected chi connectivity index (χ0v) is 13.0. The molecule has 106 valence electrons. The van der Waals surface area contributed by atoms with Crippen molar-refractivity contribution >= 4 is 15.9 Å². The van der Waals surface area contributed by atoms with Crippen LogP contribution in [0.2, 0.25) is 0 Å². The largest absolute Gasteiger partial charge is 0.487 e. The maximum atomic E-state index is 9.26. The molecule has 1 atom stereocenters. The predicted molar refractivity (Wildman–Crippen MR) is 82.7 cm³/mol. The van der Waals surface area contributed by atoms with E-state index in [0.717, 1.165) is 28.8 Å². The second kappa shape index (κ2) is 7.41. The van der Waals surface area contributed by atoms with Crippen molar-refractivity contribution in [1.29, 1.82) is 0 Å². The zero-order chi connectivity index (χ0) is 14.4. The molecule has 4 heteroatoms. The topological polar surface area (TPSA) is 42.4 Å². The average Bonchev–Trinajstić information content (AvgIpc) is 2.45. The maximum Gasteiger partial charge on any atom is 0.130 e. The number of aryl methyl sites for hydroxylation is 1. The SMILES string of the molecule is CC(O)CCc1ccc(OCc2ccc(Br)cn2)cc1. The number of rotatable bonds is 6. The van der Waals surface area contributed by atoms with E-state index in [1.54, 1.807) is 6.20 Å². The fourth-order valence-corrected chi connectivity index (χ4v) is 2.01. The number of ether oxygens (including phenoxy) is 1. The van der Waals surface area contributed by atoms with E-state index in [-0.39, 0.29) is 6.10 Å². The van der Waals surface area contributed by atoms with Gasteiger partial charge in [0.1, 0.15) is 12.4 Å². The van der Waals surface area contributed by atoms with Crippen molar-refractivity contribution in [2.24, 2.45) is 0 Å². The zero-order valence-electron chi connectivity index (χ0n) is 11.4. The van der Waals surface area contributed by atoms with Gasteiger partial charge in [0, 0.05) is 10.7 Å². The van der Waals surface area contributed by atoms with Crippen LogP contribution in [-0.4, -0.2) is 16.2 Å². The van der Waals surface area contributed by atoms with Gasteiger partial charge in [0.15, 0.2) is 0 Å². The minimum atomic E-state index is -0.255. The highest BCUT2D eigenvalue weighted by molar-refractivity contribution is 9.10. The van der Waals surface area contributed by atoms with Gasteiger partial charge in [0.2, 0.25) is 0 Å². The van der Waals surface area contributed by atoms with E-state index in [0.29, 0.717) is 6.61 Å². The van der Waals surface area contributed by atoms with E-state index in [2.05, 4.69) is 20.9 Å². The molecule has 3 nitrogen and oxygen atoms in total. The van der Waals surface area contributed by atoms with Crippen LogP contribution in [0.3, 0.4) is 0 Å². The minimum absolute atomic E-state index is 0.255. The van der Waals surface area contributed by atoms with Crippen LogP contribution >= 0.6 is 15.9 Å². The molecular formula is C16H18BrNO2. The Bertz CT molecular complexity index is 523. The molecule has 0 aliphatic heterocycles. The standard InChI is InChI=1S/C16H18BrNO2/c1-12(19)2-3-13-4-8-16(9-5-13)20-11-15-7-6-14(17)10-18-15/h4-10,12,19H,2-3,11H2,1H3. The van der Waals surface area contributed by atoms with Gasteiger partial charge in [0.25, 0.3) is 0 Å². The predicted octanol–water partition coefficient (Wildman–Crippen LogP) is 3.74. The van der Waals surface area contributed by atoms with Crippen LogP contribution in [0.1, 0.15) is 24.6 Å². The molecule has 1 unspecified atom stereocenters. The number of hydrogen-bond acceptors (Lipinski definition) is 3. The Kier molecular flexibility index (Phi) is 5.56. The normalized spacial score (nSPS) is 12.2. The highest BCUT2D eigenvalue weighted by atomic mass is 79.9. The molecule has 1 heterocycles. The third-order valence-corrected chi connectivity index (χ3v) is 3.42. The van der Waals surface area contributed by atoms with Crippen LogP contribution in [-0.2, 0) is 13.0 Å². The minimum Gasteiger partial charge on any atom is -0.487 e. The molecule has 1 aromatic heterocycles. The highest BCUT2D eigenvalue weighted by Crippen LogP contribution is 2.16. The summed E-state index contributed by atoms with van der Waals surface area (Å²) in [7, 11) is 0. The van der Waals surface area contributed by atoms with Crippen molar-refractivity contribution in [2.75, 3.05) is 0 Å². The van der Waals surface area contributed by atoms with Gasteiger partial charge in [-0.1, -0.05) is 12.1 Å². The number of benzene rings is 1. The van der Waals surface area contributed by atoms with E-state index >= 15 is 0 Å². The van der Waals surface area contributed by atoms with Crippen LogP contribution in [0.5, 0.6) is 5.75 Å². The van der Waals surface area contributed by atoms with Gasteiger partial charge in [-0.3, -0.25) is 4.98 Å². The van der Waals surface area contributed by atoms with Crippen LogP contribution in [0.15, 0.2) is 47.1 Å². The summed E-state index contributed by atoms with van der Waals surface area (Å²) in [6.07, 6.45) is 3.17. The molecule has 0 spiro atoms. The highest BCUT2D eigenvalue weighted by Gasteiger charge is 2.00. The molecule has 1 aromatic carbocycles. The molecule has 0 amide bonds. The van der Waals surface area contributed by atoms with Gasteiger partial charge in [-0.15, -0.1) is 0 Å². The lowest BCUT2D eigenvalue weighted by Crippen LogP contribution is -2.01. The monoisotopic (exact) mass is 335 g/mol. The number of aromatic nitrogens is 1.